The molecule has 11 heteroatoms. The molecule has 0 aliphatic carbocycles. The molecule has 1 aromatic heterocycles. The van der Waals surface area contributed by atoms with Gasteiger partial charge in [0.1, 0.15) is 27.6 Å². The number of nitro groups is 1. The molecule has 0 saturated heterocycles. The predicted octanol–water partition coefficient (Wildman–Crippen LogP) is 3.65. The summed E-state index contributed by atoms with van der Waals surface area (Å²) in [6, 6.07) is 7.63. The normalized spacial score (nSPS) is 12.6. The molecular formula is C18H25Cl2N5O3S. The summed E-state index contributed by atoms with van der Waals surface area (Å²) >= 11 is 11.7. The van der Waals surface area contributed by atoms with Gasteiger partial charge in [0.05, 0.1) is 7.05 Å². The zero-order valence-electron chi connectivity index (χ0n) is 16.8. The topological polar surface area (TPSA) is 84.5 Å². The van der Waals surface area contributed by atoms with Crippen LogP contribution in [0.1, 0.15) is 19.5 Å². The Morgan fingerprint density at radius 1 is 1.17 bits per heavy atom. The molecule has 0 aliphatic rings. The van der Waals surface area contributed by atoms with Crippen LogP contribution in [0.4, 0.5) is 17.3 Å². The smallest absolute Gasteiger partial charge is 0.390 e. The first kappa shape index (κ1) is 23.4. The first-order chi connectivity index (χ1) is 13.6. The molecule has 2 aromatic rings. The molecule has 160 valence electrons. The van der Waals surface area contributed by atoms with Crippen LogP contribution in [0.2, 0.25) is 0 Å². The number of benzene rings is 1. The van der Waals surface area contributed by atoms with Crippen LogP contribution in [0.3, 0.4) is 0 Å². The highest BCUT2D eigenvalue weighted by Crippen LogP contribution is 2.33. The highest BCUT2D eigenvalue weighted by atomic mass is 35.5. The summed E-state index contributed by atoms with van der Waals surface area (Å²) in [5, 5.41) is 11.1. The second-order valence-corrected chi connectivity index (χ2v) is 9.72. The standard InChI is InChI=1S/C18H25Cl2N5O3S/c1-18(2,16-13-21-17(22(16)3)25(26)27)29(28)23(4)14-5-7-15(8-6-14)24(11-9-19)12-10-20/h5-8,13H,9-12H2,1-4H3. The summed E-state index contributed by atoms with van der Waals surface area (Å²) < 4.78 is 15.4. The number of alkyl halides is 2. The van der Waals surface area contributed by atoms with Crippen LogP contribution in [-0.2, 0) is 22.8 Å². The molecule has 0 saturated carbocycles. The maximum Gasteiger partial charge on any atom is 0.434 e. The molecule has 0 N–H and O–H groups in total. The fraction of sp³-hybridized carbons (Fsp3) is 0.500. The van der Waals surface area contributed by atoms with Gasteiger partial charge >= 0.3 is 5.95 Å². The molecule has 1 atom stereocenters. The number of hydrogen-bond acceptors (Lipinski definition) is 5. The van der Waals surface area contributed by atoms with Gasteiger partial charge in [0, 0.05) is 43.3 Å². The van der Waals surface area contributed by atoms with E-state index in [4.69, 9.17) is 23.2 Å². The Morgan fingerprint density at radius 3 is 2.14 bits per heavy atom. The van der Waals surface area contributed by atoms with Crippen molar-refractivity contribution in [2.24, 2.45) is 7.05 Å². The quantitative estimate of drug-likeness (QED) is 0.306. The van der Waals surface area contributed by atoms with Crippen LogP contribution < -0.4 is 9.21 Å². The highest BCUT2D eigenvalue weighted by Gasteiger charge is 2.38. The molecule has 8 nitrogen and oxygen atoms in total. The van der Waals surface area contributed by atoms with E-state index in [-0.39, 0.29) is 5.95 Å². The van der Waals surface area contributed by atoms with Gasteiger partial charge < -0.3 is 15.0 Å². The lowest BCUT2D eigenvalue weighted by Gasteiger charge is -2.29. The zero-order valence-corrected chi connectivity index (χ0v) is 19.2. The molecule has 0 radical (unpaired) electrons. The SMILES string of the molecule is CN(c1ccc(N(CCCl)CCCl)cc1)S(=O)C(C)(C)c1cnc([N+](=O)[O-])n1C. The van der Waals surface area contributed by atoms with Gasteiger partial charge in [0.25, 0.3) is 0 Å². The number of anilines is 2. The minimum Gasteiger partial charge on any atom is -0.390 e. The van der Waals surface area contributed by atoms with Crippen LogP contribution in [0, 0.1) is 10.1 Å². The maximum atomic E-state index is 13.3. The fourth-order valence-electron chi connectivity index (χ4n) is 3.10. The van der Waals surface area contributed by atoms with Crippen LogP contribution in [0.5, 0.6) is 0 Å². The van der Waals surface area contributed by atoms with Crippen LogP contribution in [0.15, 0.2) is 30.5 Å². The van der Waals surface area contributed by atoms with Crippen LogP contribution in [-0.4, -0.2) is 50.6 Å². The van der Waals surface area contributed by atoms with Gasteiger partial charge in [-0.15, -0.1) is 23.2 Å². The maximum absolute atomic E-state index is 13.3. The first-order valence-electron chi connectivity index (χ1n) is 8.94. The van der Waals surface area contributed by atoms with Gasteiger partial charge in [-0.05, 0) is 43.0 Å². The van der Waals surface area contributed by atoms with Crippen molar-refractivity contribution in [1.82, 2.24) is 9.55 Å². The number of halogens is 2. The number of nitrogens with zero attached hydrogens (tertiary/aromatic N) is 5. The zero-order chi connectivity index (χ0) is 21.8. The summed E-state index contributed by atoms with van der Waals surface area (Å²) in [6.45, 7) is 4.91. The Morgan fingerprint density at radius 2 is 1.69 bits per heavy atom. The molecule has 0 bridgehead atoms. The Labute approximate surface area is 183 Å². The van der Waals surface area contributed by atoms with E-state index in [9.17, 15) is 14.3 Å². The molecule has 1 aromatic carbocycles. The molecule has 1 unspecified atom stereocenters. The third-order valence-corrected chi connectivity index (χ3v) is 6.85. The predicted molar refractivity (Wildman–Crippen MR) is 120 cm³/mol. The largest absolute Gasteiger partial charge is 0.434 e. The lowest BCUT2D eigenvalue weighted by Crippen LogP contribution is -2.37. The summed E-state index contributed by atoms with van der Waals surface area (Å²) in [7, 11) is 1.76. The van der Waals surface area contributed by atoms with Crippen molar-refractivity contribution in [2.75, 3.05) is 41.1 Å². The van der Waals surface area contributed by atoms with E-state index in [1.165, 1.54) is 10.8 Å². The van der Waals surface area contributed by atoms with Gasteiger partial charge in [-0.3, -0.25) is 4.31 Å². The summed E-state index contributed by atoms with van der Waals surface area (Å²) in [4.78, 5) is 16.5. The van der Waals surface area contributed by atoms with Crippen molar-refractivity contribution in [1.29, 1.82) is 0 Å². The summed E-state index contributed by atoms with van der Waals surface area (Å²) in [5.41, 5.74) is 2.26. The highest BCUT2D eigenvalue weighted by molar-refractivity contribution is 7.87. The lowest BCUT2D eigenvalue weighted by molar-refractivity contribution is -0.396. The fourth-order valence-corrected chi connectivity index (χ4v) is 4.88. The average molecular weight is 462 g/mol. The molecule has 29 heavy (non-hydrogen) atoms. The van der Waals surface area contributed by atoms with Gasteiger partial charge in [-0.1, -0.05) is 4.98 Å². The van der Waals surface area contributed by atoms with Gasteiger partial charge in [0.15, 0.2) is 0 Å². The molecular weight excluding hydrogens is 437 g/mol. The molecule has 0 aliphatic heterocycles. The van der Waals surface area contributed by atoms with Gasteiger partial charge in [0.2, 0.25) is 0 Å². The third kappa shape index (κ3) is 5.02. The molecule has 0 amide bonds. The minimum absolute atomic E-state index is 0.282. The van der Waals surface area contributed by atoms with Crippen LogP contribution in [0.25, 0.3) is 0 Å². The second kappa shape index (κ2) is 9.77. The van der Waals surface area contributed by atoms with Crippen molar-refractivity contribution in [2.45, 2.75) is 18.6 Å². The van der Waals surface area contributed by atoms with E-state index in [1.807, 2.05) is 24.3 Å². The third-order valence-electron chi connectivity index (χ3n) is 4.72. The minimum atomic E-state index is -1.52. The summed E-state index contributed by atoms with van der Waals surface area (Å²) in [6.07, 6.45) is 1.41. The average Bonchev–Trinajstić information content (AvgIpc) is 3.09. The number of hydrogen-bond donors (Lipinski definition) is 0. The van der Waals surface area contributed by atoms with E-state index in [0.29, 0.717) is 30.5 Å². The lowest BCUT2D eigenvalue weighted by atomic mass is 10.1. The van der Waals surface area contributed by atoms with Gasteiger partial charge in [-0.25, -0.2) is 8.78 Å². The monoisotopic (exact) mass is 461 g/mol. The number of aromatic nitrogens is 2. The van der Waals surface area contributed by atoms with Crippen molar-refractivity contribution in [3.8, 4) is 0 Å². The molecule has 0 fully saturated rings. The van der Waals surface area contributed by atoms with E-state index >= 15 is 0 Å². The number of imidazole rings is 1. The van der Waals surface area contributed by atoms with Crippen molar-refractivity contribution in [3.05, 3.63) is 46.3 Å². The Bertz CT molecular complexity index is 867. The van der Waals surface area contributed by atoms with Crippen molar-refractivity contribution in [3.63, 3.8) is 0 Å². The van der Waals surface area contributed by atoms with Gasteiger partial charge in [-0.2, -0.15) is 0 Å². The molecule has 1 heterocycles. The van der Waals surface area contributed by atoms with E-state index in [2.05, 4.69) is 9.88 Å². The second-order valence-electron chi connectivity index (χ2n) is 6.90. The van der Waals surface area contributed by atoms with E-state index in [0.717, 1.165) is 11.4 Å². The number of rotatable bonds is 10. The Balaban J connectivity index is 2.25. The van der Waals surface area contributed by atoms with E-state index < -0.39 is 20.7 Å². The van der Waals surface area contributed by atoms with Crippen molar-refractivity contribution < 1.29 is 9.13 Å². The molecule has 2 rings (SSSR count). The van der Waals surface area contributed by atoms with Crippen molar-refractivity contribution >= 4 is 51.5 Å². The summed E-state index contributed by atoms with van der Waals surface area (Å²) in [5.74, 6) is 0.706. The Kier molecular flexibility index (Phi) is 7.90. The van der Waals surface area contributed by atoms with Crippen LogP contribution >= 0.6 is 23.2 Å². The van der Waals surface area contributed by atoms with E-state index in [1.54, 1.807) is 32.2 Å². The first-order valence-corrected chi connectivity index (χ1v) is 11.1. The molecule has 0 spiro atoms. The Hall–Kier alpha value is -1.84.